The summed E-state index contributed by atoms with van der Waals surface area (Å²) < 4.78 is 42.9. The van der Waals surface area contributed by atoms with Crippen LogP contribution < -0.4 is 19.7 Å². The number of carbonyl (C=O) groups is 1. The number of halogens is 1. The third kappa shape index (κ3) is 8.04. The normalized spacial score (nSPS) is 30.6. The van der Waals surface area contributed by atoms with Gasteiger partial charge in [-0.3, -0.25) is 9.69 Å². The average molecular weight is 735 g/mol. The third-order valence-corrected chi connectivity index (χ3v) is 13.9. The van der Waals surface area contributed by atoms with E-state index in [0.29, 0.717) is 42.8 Å². The van der Waals surface area contributed by atoms with Crippen molar-refractivity contribution in [3.05, 3.63) is 94.2 Å². The highest BCUT2D eigenvalue weighted by Gasteiger charge is 2.50. The Morgan fingerprint density at radius 2 is 1.94 bits per heavy atom. The van der Waals surface area contributed by atoms with Crippen LogP contribution in [0.3, 0.4) is 0 Å². The van der Waals surface area contributed by atoms with Crippen LogP contribution in [0.2, 0.25) is 5.02 Å². The molecule has 0 aromatic heterocycles. The van der Waals surface area contributed by atoms with Gasteiger partial charge in [0.1, 0.15) is 18.0 Å². The van der Waals surface area contributed by atoms with E-state index in [1.165, 1.54) is 11.1 Å². The second-order valence-electron chi connectivity index (χ2n) is 15.1. The van der Waals surface area contributed by atoms with E-state index >= 15 is 0 Å². The smallest absolute Gasteiger partial charge is 0.264 e. The Balaban J connectivity index is 1.25. The van der Waals surface area contributed by atoms with Gasteiger partial charge in [0.2, 0.25) is 10.0 Å². The van der Waals surface area contributed by atoms with Gasteiger partial charge in [0.25, 0.3) is 5.91 Å². The molecule has 4 aliphatic heterocycles. The van der Waals surface area contributed by atoms with Gasteiger partial charge in [-0.1, -0.05) is 42.8 Å². The van der Waals surface area contributed by atoms with Gasteiger partial charge in [-0.05, 0) is 123 Å². The SMILES string of the molecule is C[C@@H]1[C@@H](C)C/C=C/[C@]2(CN(CC3=CC=CNC3)CCO2)[C@@H]2CC[C@H]2CN2CCCCc3cc(Cl)ccc3COc3ccc(cc32)C(=O)NS1(=O)=O. The van der Waals surface area contributed by atoms with Crippen LogP contribution in [0.5, 0.6) is 5.75 Å². The average Bonchev–Trinajstić information content (AvgIpc) is 3.13. The lowest BCUT2D eigenvalue weighted by atomic mass is 9.63. The maximum atomic E-state index is 13.6. The Morgan fingerprint density at radius 3 is 2.75 bits per heavy atom. The van der Waals surface area contributed by atoms with Crippen LogP contribution in [0, 0.1) is 17.8 Å². The van der Waals surface area contributed by atoms with Crippen LogP contribution in [-0.4, -0.2) is 76.0 Å². The zero-order valence-electron chi connectivity index (χ0n) is 29.8. The molecule has 9 nitrogen and oxygen atoms in total. The van der Waals surface area contributed by atoms with Crippen LogP contribution in [0.1, 0.15) is 67.4 Å². The second-order valence-corrected chi connectivity index (χ2v) is 17.6. The molecule has 5 aliphatic rings. The van der Waals surface area contributed by atoms with Crippen LogP contribution in [0.4, 0.5) is 5.69 Å². The zero-order valence-corrected chi connectivity index (χ0v) is 31.4. The molecule has 0 unspecified atom stereocenters. The van der Waals surface area contributed by atoms with Crippen molar-refractivity contribution >= 4 is 33.2 Å². The minimum absolute atomic E-state index is 0.215. The van der Waals surface area contributed by atoms with Crippen LogP contribution >= 0.6 is 11.6 Å². The van der Waals surface area contributed by atoms with Gasteiger partial charge < -0.3 is 19.7 Å². The molecule has 2 bridgehead atoms. The number of morpholine rings is 1. The molecule has 0 radical (unpaired) electrons. The zero-order chi connectivity index (χ0) is 35.6. The summed E-state index contributed by atoms with van der Waals surface area (Å²) in [6.07, 6.45) is 16.2. The molecular weight excluding hydrogens is 684 g/mol. The first kappa shape index (κ1) is 36.1. The summed E-state index contributed by atoms with van der Waals surface area (Å²) in [4.78, 5) is 18.5. The minimum Gasteiger partial charge on any atom is -0.487 e. The molecule has 51 heavy (non-hydrogen) atoms. The molecule has 2 fully saturated rings. The maximum Gasteiger partial charge on any atom is 0.264 e. The molecule has 2 aromatic carbocycles. The summed E-state index contributed by atoms with van der Waals surface area (Å²) >= 11 is 6.40. The first-order valence-corrected chi connectivity index (χ1v) is 20.5. The predicted octanol–water partition coefficient (Wildman–Crippen LogP) is 6.25. The first-order chi connectivity index (χ1) is 24.6. The summed E-state index contributed by atoms with van der Waals surface area (Å²) in [6, 6.07) is 11.3. The number of benzene rings is 2. The van der Waals surface area contributed by atoms with Gasteiger partial charge in [-0.25, -0.2) is 13.1 Å². The van der Waals surface area contributed by atoms with Gasteiger partial charge in [-0.2, -0.15) is 0 Å². The topological polar surface area (TPSA) is 100 Å². The van der Waals surface area contributed by atoms with Crippen LogP contribution in [-0.2, 0) is 27.8 Å². The number of dihydropyridines is 1. The highest BCUT2D eigenvalue weighted by molar-refractivity contribution is 7.90. The van der Waals surface area contributed by atoms with Crippen molar-refractivity contribution in [1.29, 1.82) is 0 Å². The molecule has 2 aromatic rings. The van der Waals surface area contributed by atoms with E-state index < -0.39 is 26.8 Å². The molecule has 1 saturated carbocycles. The number of anilines is 1. The molecule has 2 N–H and O–H groups in total. The van der Waals surface area contributed by atoms with Gasteiger partial charge in [0, 0.05) is 49.9 Å². The minimum atomic E-state index is -3.95. The lowest BCUT2D eigenvalue weighted by molar-refractivity contribution is -0.142. The largest absolute Gasteiger partial charge is 0.487 e. The Kier molecular flexibility index (Phi) is 10.9. The molecule has 1 aliphatic carbocycles. The Bertz CT molecular complexity index is 1810. The molecule has 1 spiro atoms. The van der Waals surface area contributed by atoms with Crippen LogP contribution in [0.25, 0.3) is 0 Å². The summed E-state index contributed by atoms with van der Waals surface area (Å²) in [7, 11) is -3.95. The highest BCUT2D eigenvalue weighted by atomic mass is 35.5. The molecule has 5 atom stereocenters. The number of carbonyl (C=O) groups excluding carboxylic acids is 1. The number of hydrogen-bond donors (Lipinski definition) is 2. The lowest BCUT2D eigenvalue weighted by Crippen LogP contribution is -2.60. The number of nitrogens with zero attached hydrogens (tertiary/aromatic N) is 2. The number of allylic oxidation sites excluding steroid dienone is 3. The molecule has 7 rings (SSSR count). The van der Waals surface area contributed by atoms with Gasteiger partial charge in [0.15, 0.2) is 0 Å². The van der Waals surface area contributed by atoms with Crippen molar-refractivity contribution in [2.75, 3.05) is 50.8 Å². The number of sulfonamides is 1. The van der Waals surface area contributed by atoms with Gasteiger partial charge >= 0.3 is 0 Å². The fourth-order valence-electron chi connectivity index (χ4n) is 8.37. The van der Waals surface area contributed by atoms with Crippen molar-refractivity contribution in [2.45, 2.75) is 69.8 Å². The second kappa shape index (κ2) is 15.3. The van der Waals surface area contributed by atoms with E-state index in [2.05, 4.69) is 44.1 Å². The van der Waals surface area contributed by atoms with E-state index in [4.69, 9.17) is 21.1 Å². The predicted molar refractivity (Wildman–Crippen MR) is 203 cm³/mol. The highest BCUT2D eigenvalue weighted by Crippen LogP contribution is 2.47. The molecule has 11 heteroatoms. The summed E-state index contributed by atoms with van der Waals surface area (Å²) in [5.41, 5.74) is 4.27. The molecule has 1 saturated heterocycles. The number of nitrogens with one attached hydrogen (secondary N) is 2. The Hall–Kier alpha value is -3.31. The maximum absolute atomic E-state index is 13.6. The quantitative estimate of drug-likeness (QED) is 0.350. The lowest BCUT2D eigenvalue weighted by Gasteiger charge is -2.53. The van der Waals surface area contributed by atoms with E-state index in [-0.39, 0.29) is 5.92 Å². The monoisotopic (exact) mass is 734 g/mol. The fraction of sp³-hybridized carbons (Fsp3) is 0.525. The first-order valence-electron chi connectivity index (χ1n) is 18.6. The van der Waals surface area contributed by atoms with Crippen LogP contribution in [0.15, 0.2) is 72.5 Å². The number of ether oxygens (including phenoxy) is 2. The summed E-state index contributed by atoms with van der Waals surface area (Å²) in [6.45, 7) is 9.58. The van der Waals surface area contributed by atoms with Gasteiger partial charge in [0.05, 0.1) is 17.5 Å². The molecule has 274 valence electrons. The summed E-state index contributed by atoms with van der Waals surface area (Å²) in [5.74, 6) is 0.495. The molecule has 1 amide bonds. The molecule has 4 heterocycles. The van der Waals surface area contributed by atoms with E-state index in [1.807, 2.05) is 43.5 Å². The van der Waals surface area contributed by atoms with E-state index in [0.717, 1.165) is 87.6 Å². The number of aryl methyl sites for hydroxylation is 1. The standard InChI is InChI=1S/C40H51ClN4O5S/c1-28-7-5-16-40(27-44(19-20-50-40)24-30-8-6-17-42-23-30)36-14-11-33(36)25-45-18-4-3-9-31-21-35(41)13-10-34(31)26-49-38-15-12-32(22-37(38)45)39(46)43-51(47,48)29(28)2/h5-6,8,10,12-13,15-17,21-22,28-29,33,36,42H,3-4,7,9,11,14,18-20,23-27H2,1-2H3,(H,43,46)/b16-5+/t28-,29+,33-,36+,40-/m0/s1. The fourth-order valence-corrected chi connectivity index (χ4v) is 9.85. The third-order valence-electron chi connectivity index (χ3n) is 11.7. The Labute approximate surface area is 308 Å². The van der Waals surface area contributed by atoms with Gasteiger partial charge in [-0.15, -0.1) is 0 Å². The molecular formula is C40H51ClN4O5S. The van der Waals surface area contributed by atoms with Crippen molar-refractivity contribution in [3.63, 3.8) is 0 Å². The summed E-state index contributed by atoms with van der Waals surface area (Å²) in [5, 5.41) is 3.29. The number of hydrogen-bond acceptors (Lipinski definition) is 8. The Morgan fingerprint density at radius 1 is 1.06 bits per heavy atom. The van der Waals surface area contributed by atoms with Crippen molar-refractivity contribution < 1.29 is 22.7 Å². The van der Waals surface area contributed by atoms with Crippen molar-refractivity contribution in [2.24, 2.45) is 17.8 Å². The number of fused-ring (bicyclic) bond motifs is 4. The van der Waals surface area contributed by atoms with E-state index in [9.17, 15) is 13.2 Å². The number of rotatable bonds is 2. The van der Waals surface area contributed by atoms with E-state index in [1.54, 1.807) is 13.0 Å². The van der Waals surface area contributed by atoms with Crippen molar-refractivity contribution in [3.8, 4) is 5.75 Å². The number of amides is 1. The van der Waals surface area contributed by atoms with Crippen molar-refractivity contribution in [1.82, 2.24) is 14.9 Å².